The summed E-state index contributed by atoms with van der Waals surface area (Å²) in [5, 5.41) is 5.89. The van der Waals surface area contributed by atoms with Gasteiger partial charge in [-0.25, -0.2) is 14.8 Å². The predicted octanol–water partition coefficient (Wildman–Crippen LogP) is 2.83. The summed E-state index contributed by atoms with van der Waals surface area (Å²) in [6, 6.07) is 13.6. The molecule has 2 heterocycles. The zero-order chi connectivity index (χ0) is 19.9. The Kier molecular flexibility index (Phi) is 5.91. The Balaban J connectivity index is 1.69. The number of esters is 1. The number of ether oxygens (including phenoxy) is 1. The van der Waals surface area contributed by atoms with Gasteiger partial charge >= 0.3 is 5.97 Å². The van der Waals surface area contributed by atoms with E-state index in [1.54, 1.807) is 43.5 Å². The van der Waals surface area contributed by atoms with E-state index in [0.29, 0.717) is 29.4 Å². The molecule has 3 rings (SSSR count). The Morgan fingerprint density at radius 2 is 1.86 bits per heavy atom. The molecule has 0 radical (unpaired) electrons. The van der Waals surface area contributed by atoms with Gasteiger partial charge in [-0.1, -0.05) is 6.07 Å². The molecule has 0 aliphatic carbocycles. The third kappa shape index (κ3) is 4.88. The molecule has 0 atom stereocenters. The minimum absolute atomic E-state index is 0.230. The number of nitrogens with one attached hydrogen (secondary N) is 2. The van der Waals surface area contributed by atoms with Crippen molar-refractivity contribution in [1.82, 2.24) is 15.0 Å². The van der Waals surface area contributed by atoms with Crippen molar-refractivity contribution in [2.24, 2.45) is 0 Å². The fourth-order valence-corrected chi connectivity index (χ4v) is 2.46. The van der Waals surface area contributed by atoms with Crippen molar-refractivity contribution in [1.29, 1.82) is 0 Å². The van der Waals surface area contributed by atoms with E-state index in [4.69, 9.17) is 0 Å². The van der Waals surface area contributed by atoms with Gasteiger partial charge in [-0.3, -0.25) is 9.78 Å². The number of rotatable bonds is 6. The van der Waals surface area contributed by atoms with Crippen LogP contribution in [0.25, 0.3) is 0 Å². The Labute approximate surface area is 162 Å². The van der Waals surface area contributed by atoms with Gasteiger partial charge in [-0.15, -0.1) is 0 Å². The molecule has 0 spiro atoms. The van der Waals surface area contributed by atoms with Crippen LogP contribution in [0.2, 0.25) is 0 Å². The number of amides is 1. The lowest BCUT2D eigenvalue weighted by Gasteiger charge is -2.09. The van der Waals surface area contributed by atoms with Gasteiger partial charge in [0.15, 0.2) is 0 Å². The Morgan fingerprint density at radius 1 is 1.07 bits per heavy atom. The standard InChI is InChI=1S/C20H19N5O3/c1-13-23-17(11-18(24-13)22-12-16-5-3-4-10-21-16)19(26)25-15-8-6-14(7-9-15)20(27)28-2/h3-11H,12H2,1-2H3,(H,25,26)(H,22,23,24). The lowest BCUT2D eigenvalue weighted by molar-refractivity contribution is 0.0600. The molecular weight excluding hydrogens is 358 g/mol. The van der Waals surface area contributed by atoms with Gasteiger partial charge < -0.3 is 15.4 Å². The van der Waals surface area contributed by atoms with Crippen LogP contribution in [0.3, 0.4) is 0 Å². The fourth-order valence-electron chi connectivity index (χ4n) is 2.46. The minimum Gasteiger partial charge on any atom is -0.465 e. The molecule has 1 aromatic carbocycles. The lowest BCUT2D eigenvalue weighted by Crippen LogP contribution is -2.16. The molecule has 2 aromatic heterocycles. The monoisotopic (exact) mass is 377 g/mol. The molecule has 0 saturated carbocycles. The SMILES string of the molecule is COC(=O)c1ccc(NC(=O)c2cc(NCc3ccccn3)nc(C)n2)cc1. The first-order valence-electron chi connectivity index (χ1n) is 8.54. The molecule has 0 bridgehead atoms. The molecule has 0 saturated heterocycles. The summed E-state index contributed by atoms with van der Waals surface area (Å²) in [6.07, 6.45) is 1.71. The van der Waals surface area contributed by atoms with Crippen molar-refractivity contribution in [2.45, 2.75) is 13.5 Å². The second kappa shape index (κ2) is 8.72. The fraction of sp³-hybridized carbons (Fsp3) is 0.150. The molecule has 142 valence electrons. The lowest BCUT2D eigenvalue weighted by atomic mass is 10.2. The van der Waals surface area contributed by atoms with Crippen LogP contribution in [0.1, 0.15) is 32.4 Å². The number of aryl methyl sites for hydroxylation is 1. The zero-order valence-electron chi connectivity index (χ0n) is 15.5. The van der Waals surface area contributed by atoms with E-state index in [2.05, 4.69) is 30.3 Å². The minimum atomic E-state index is -0.437. The largest absolute Gasteiger partial charge is 0.465 e. The molecule has 28 heavy (non-hydrogen) atoms. The van der Waals surface area contributed by atoms with Crippen molar-refractivity contribution >= 4 is 23.4 Å². The Morgan fingerprint density at radius 3 is 2.54 bits per heavy atom. The van der Waals surface area contributed by atoms with E-state index in [-0.39, 0.29) is 11.6 Å². The summed E-state index contributed by atoms with van der Waals surface area (Å²) < 4.78 is 4.65. The second-order valence-corrected chi connectivity index (χ2v) is 5.88. The van der Waals surface area contributed by atoms with Crippen molar-refractivity contribution in [3.05, 3.63) is 77.5 Å². The summed E-state index contributed by atoms with van der Waals surface area (Å²) in [5.41, 5.74) is 2.03. The molecule has 1 amide bonds. The average Bonchev–Trinajstić information content (AvgIpc) is 2.72. The van der Waals surface area contributed by atoms with Crippen LogP contribution in [-0.2, 0) is 11.3 Å². The number of benzene rings is 1. The highest BCUT2D eigenvalue weighted by Gasteiger charge is 2.12. The normalized spacial score (nSPS) is 10.2. The van der Waals surface area contributed by atoms with Crippen molar-refractivity contribution in [2.75, 3.05) is 17.7 Å². The summed E-state index contributed by atoms with van der Waals surface area (Å²) >= 11 is 0. The number of anilines is 2. The maximum absolute atomic E-state index is 12.5. The van der Waals surface area contributed by atoms with Crippen LogP contribution in [0.4, 0.5) is 11.5 Å². The molecular formula is C20H19N5O3. The summed E-state index contributed by atoms with van der Waals surface area (Å²) in [7, 11) is 1.31. The van der Waals surface area contributed by atoms with Crippen LogP contribution in [0.15, 0.2) is 54.7 Å². The van der Waals surface area contributed by atoms with Crippen molar-refractivity contribution in [3.8, 4) is 0 Å². The van der Waals surface area contributed by atoms with Gasteiger partial charge in [0, 0.05) is 18.0 Å². The van der Waals surface area contributed by atoms with Gasteiger partial charge in [-0.05, 0) is 43.3 Å². The number of carbonyl (C=O) groups excluding carboxylic acids is 2. The Hall–Kier alpha value is -3.81. The molecule has 0 aliphatic rings. The smallest absolute Gasteiger partial charge is 0.337 e. The highest BCUT2D eigenvalue weighted by atomic mass is 16.5. The maximum atomic E-state index is 12.5. The number of hydrogen-bond donors (Lipinski definition) is 2. The van der Waals surface area contributed by atoms with Crippen LogP contribution in [0, 0.1) is 6.92 Å². The summed E-state index contributed by atoms with van der Waals surface area (Å²) in [4.78, 5) is 36.7. The van der Waals surface area contributed by atoms with Crippen LogP contribution < -0.4 is 10.6 Å². The first-order chi connectivity index (χ1) is 13.5. The average molecular weight is 377 g/mol. The first kappa shape index (κ1) is 19.0. The van der Waals surface area contributed by atoms with E-state index >= 15 is 0 Å². The van der Waals surface area contributed by atoms with Crippen LogP contribution in [0.5, 0.6) is 0 Å². The van der Waals surface area contributed by atoms with Gasteiger partial charge in [0.1, 0.15) is 17.3 Å². The molecule has 0 fully saturated rings. The number of pyridine rings is 1. The van der Waals surface area contributed by atoms with Gasteiger partial charge in [0.25, 0.3) is 5.91 Å². The zero-order valence-corrected chi connectivity index (χ0v) is 15.5. The van der Waals surface area contributed by atoms with Crippen molar-refractivity contribution < 1.29 is 14.3 Å². The van der Waals surface area contributed by atoms with Crippen molar-refractivity contribution in [3.63, 3.8) is 0 Å². The van der Waals surface area contributed by atoms with Gasteiger partial charge in [0.2, 0.25) is 0 Å². The molecule has 0 unspecified atom stereocenters. The second-order valence-electron chi connectivity index (χ2n) is 5.88. The third-order valence-corrected chi connectivity index (χ3v) is 3.81. The molecule has 8 heteroatoms. The molecule has 3 aromatic rings. The number of methoxy groups -OCH3 is 1. The van der Waals surface area contributed by atoms with E-state index in [9.17, 15) is 9.59 Å². The van der Waals surface area contributed by atoms with Crippen LogP contribution in [-0.4, -0.2) is 33.9 Å². The van der Waals surface area contributed by atoms with E-state index in [1.807, 2.05) is 18.2 Å². The number of carbonyl (C=O) groups is 2. The van der Waals surface area contributed by atoms with Gasteiger partial charge in [0.05, 0.1) is 24.9 Å². The molecule has 8 nitrogen and oxygen atoms in total. The van der Waals surface area contributed by atoms with Crippen LogP contribution >= 0.6 is 0 Å². The Bertz CT molecular complexity index is 975. The summed E-state index contributed by atoms with van der Waals surface area (Å²) in [5.74, 6) is 0.187. The predicted molar refractivity (Wildman–Crippen MR) is 104 cm³/mol. The maximum Gasteiger partial charge on any atom is 0.337 e. The number of hydrogen-bond acceptors (Lipinski definition) is 7. The highest BCUT2D eigenvalue weighted by molar-refractivity contribution is 6.03. The van der Waals surface area contributed by atoms with E-state index in [1.165, 1.54) is 7.11 Å². The topological polar surface area (TPSA) is 106 Å². The third-order valence-electron chi connectivity index (χ3n) is 3.81. The number of aromatic nitrogens is 3. The summed E-state index contributed by atoms with van der Waals surface area (Å²) in [6.45, 7) is 2.20. The first-order valence-corrected chi connectivity index (χ1v) is 8.54. The quantitative estimate of drug-likeness (QED) is 0.636. The molecule has 2 N–H and O–H groups in total. The van der Waals surface area contributed by atoms with E-state index < -0.39 is 5.97 Å². The van der Waals surface area contributed by atoms with E-state index in [0.717, 1.165) is 5.69 Å². The van der Waals surface area contributed by atoms with Gasteiger partial charge in [-0.2, -0.15) is 0 Å². The number of nitrogens with zero attached hydrogens (tertiary/aromatic N) is 3. The highest BCUT2D eigenvalue weighted by Crippen LogP contribution is 2.13. The molecule has 0 aliphatic heterocycles.